The minimum absolute atomic E-state index is 0.0461. The number of carbonyl (C=O) groups excluding carboxylic acids is 1. The van der Waals surface area contributed by atoms with Crippen LogP contribution in [0.15, 0.2) is 101 Å². The Kier molecular flexibility index (Phi) is 7.03. The maximum absolute atomic E-state index is 14.2. The molecule has 6 rings (SSSR count). The Labute approximate surface area is 243 Å². The number of para-hydroxylation sites is 1. The van der Waals surface area contributed by atoms with Crippen LogP contribution in [-0.4, -0.2) is 35.4 Å². The third-order valence-electron chi connectivity index (χ3n) is 7.32. The molecule has 0 unspecified atom stereocenters. The first-order chi connectivity index (χ1) is 20.8. The van der Waals surface area contributed by atoms with Gasteiger partial charge in [0.2, 0.25) is 5.78 Å². The summed E-state index contributed by atoms with van der Waals surface area (Å²) >= 11 is 0. The molecule has 9 nitrogen and oxygen atoms in total. The molecule has 214 valence electrons. The minimum Gasteiger partial charge on any atom is -0.478 e. The summed E-state index contributed by atoms with van der Waals surface area (Å²) in [7, 11) is 0. The van der Waals surface area contributed by atoms with Crippen molar-refractivity contribution in [3.05, 3.63) is 140 Å². The quantitative estimate of drug-likeness (QED) is 0.255. The molecule has 0 aliphatic rings. The number of aromatic nitrogens is 4. The van der Waals surface area contributed by atoms with Gasteiger partial charge in [-0.2, -0.15) is 0 Å². The van der Waals surface area contributed by atoms with Crippen molar-refractivity contribution in [1.29, 1.82) is 0 Å². The lowest BCUT2D eigenvalue weighted by Gasteiger charge is -2.16. The number of rotatable bonds is 8. The van der Waals surface area contributed by atoms with Gasteiger partial charge in [-0.1, -0.05) is 43.3 Å². The van der Waals surface area contributed by atoms with Crippen LogP contribution in [-0.2, 0) is 13.1 Å². The molecule has 0 atom stereocenters. The fourth-order valence-electron chi connectivity index (χ4n) is 5.34. The molecule has 10 heteroatoms. The lowest BCUT2D eigenvalue weighted by molar-refractivity contribution is 0.0696. The van der Waals surface area contributed by atoms with Gasteiger partial charge in [-0.3, -0.25) is 23.1 Å². The van der Waals surface area contributed by atoms with Crippen molar-refractivity contribution in [3.8, 4) is 11.3 Å². The first-order valence-corrected chi connectivity index (χ1v) is 13.6. The van der Waals surface area contributed by atoms with Crippen LogP contribution >= 0.6 is 0 Å². The van der Waals surface area contributed by atoms with E-state index in [0.717, 1.165) is 4.57 Å². The predicted molar refractivity (Wildman–Crippen MR) is 159 cm³/mol. The summed E-state index contributed by atoms with van der Waals surface area (Å²) in [6.45, 7) is 2.08. The number of benzene rings is 3. The summed E-state index contributed by atoms with van der Waals surface area (Å²) in [5, 5.41) is 9.68. The van der Waals surface area contributed by atoms with Gasteiger partial charge in [0.15, 0.2) is 5.82 Å². The number of pyridine rings is 1. The van der Waals surface area contributed by atoms with Gasteiger partial charge < -0.3 is 5.11 Å². The number of halogens is 1. The molecule has 43 heavy (non-hydrogen) atoms. The second-order valence-electron chi connectivity index (χ2n) is 10.1. The highest BCUT2D eigenvalue weighted by molar-refractivity contribution is 6.14. The van der Waals surface area contributed by atoms with Crippen molar-refractivity contribution >= 4 is 28.2 Å². The molecule has 0 fully saturated rings. The van der Waals surface area contributed by atoms with E-state index in [4.69, 9.17) is 0 Å². The molecule has 0 saturated heterocycles. The number of carboxylic acids is 1. The van der Waals surface area contributed by atoms with Crippen LogP contribution in [0.1, 0.15) is 45.4 Å². The van der Waals surface area contributed by atoms with Gasteiger partial charge in [-0.25, -0.2) is 19.0 Å². The molecule has 0 aliphatic carbocycles. The van der Waals surface area contributed by atoms with Crippen LogP contribution in [0.25, 0.3) is 27.7 Å². The Bertz CT molecular complexity index is 2180. The number of imidazole rings is 1. The van der Waals surface area contributed by atoms with Gasteiger partial charge in [0.05, 0.1) is 39.8 Å². The average Bonchev–Trinajstić information content (AvgIpc) is 3.41. The maximum atomic E-state index is 14.2. The minimum atomic E-state index is -1.09. The summed E-state index contributed by atoms with van der Waals surface area (Å²) in [4.78, 5) is 57.9. The number of nitrogens with zero attached hydrogens (tertiary/aromatic N) is 4. The topological polar surface area (TPSA) is 116 Å². The van der Waals surface area contributed by atoms with E-state index in [1.807, 2.05) is 6.92 Å². The van der Waals surface area contributed by atoms with Crippen molar-refractivity contribution in [2.24, 2.45) is 0 Å². The Morgan fingerprint density at radius 1 is 0.907 bits per heavy atom. The highest BCUT2D eigenvalue weighted by Gasteiger charge is 2.25. The second kappa shape index (κ2) is 11.0. The highest BCUT2D eigenvalue weighted by atomic mass is 19.1. The second-order valence-corrected chi connectivity index (χ2v) is 10.1. The van der Waals surface area contributed by atoms with E-state index in [0.29, 0.717) is 28.8 Å². The molecule has 0 saturated carbocycles. The van der Waals surface area contributed by atoms with Gasteiger partial charge in [0, 0.05) is 18.3 Å². The van der Waals surface area contributed by atoms with Crippen molar-refractivity contribution in [3.63, 3.8) is 0 Å². The van der Waals surface area contributed by atoms with E-state index >= 15 is 0 Å². The number of ketones is 1. The maximum Gasteiger partial charge on any atom is 0.335 e. The van der Waals surface area contributed by atoms with Crippen LogP contribution in [0.5, 0.6) is 0 Å². The lowest BCUT2D eigenvalue weighted by Crippen LogP contribution is -2.41. The van der Waals surface area contributed by atoms with E-state index in [1.54, 1.807) is 59.1 Å². The standard InChI is InChI=1S/C33H25FN4O5/c1-2-16-37-28-24(9-6-10-25(28)31(40)38(33(37)43)19-20-12-14-23(34)15-13-20)29(39)30-35-27(26-11-3-4-17-36(26)30)21-7-5-8-22(18-21)32(41)42/h3-15,17-18H,2,16,19H2,1H3,(H,41,42). The zero-order chi connectivity index (χ0) is 30.2. The normalized spacial score (nSPS) is 11.3. The number of aromatic carboxylic acids is 1. The summed E-state index contributed by atoms with van der Waals surface area (Å²) in [6.07, 6.45) is 2.24. The average molecular weight is 577 g/mol. The van der Waals surface area contributed by atoms with Crippen molar-refractivity contribution in [1.82, 2.24) is 18.5 Å². The summed E-state index contributed by atoms with van der Waals surface area (Å²) in [5.41, 5.74) is 1.38. The number of carboxylic acid groups (broad SMARTS) is 1. The highest BCUT2D eigenvalue weighted by Crippen LogP contribution is 2.28. The largest absolute Gasteiger partial charge is 0.478 e. The molecular formula is C33H25FN4O5. The van der Waals surface area contributed by atoms with Crippen molar-refractivity contribution in [2.75, 3.05) is 0 Å². The van der Waals surface area contributed by atoms with Crippen LogP contribution in [0.2, 0.25) is 0 Å². The lowest BCUT2D eigenvalue weighted by atomic mass is 10.1. The van der Waals surface area contributed by atoms with Crippen LogP contribution in [0.3, 0.4) is 0 Å². The Hall–Kier alpha value is -5.64. The SMILES string of the molecule is CCCn1c(=O)n(Cc2ccc(F)cc2)c(=O)c2cccc(C(=O)c3nc(-c4cccc(C(=O)O)c4)c4ccccn34)c21. The van der Waals surface area contributed by atoms with Crippen LogP contribution in [0.4, 0.5) is 4.39 Å². The van der Waals surface area contributed by atoms with Crippen molar-refractivity contribution < 1.29 is 19.1 Å². The van der Waals surface area contributed by atoms with Crippen LogP contribution < -0.4 is 11.2 Å². The third-order valence-corrected chi connectivity index (χ3v) is 7.32. The van der Waals surface area contributed by atoms with Gasteiger partial charge in [0.1, 0.15) is 5.82 Å². The zero-order valence-corrected chi connectivity index (χ0v) is 23.0. The molecule has 0 radical (unpaired) electrons. The molecule has 3 aromatic heterocycles. The smallest absolute Gasteiger partial charge is 0.335 e. The van der Waals surface area contributed by atoms with Crippen LogP contribution in [0, 0.1) is 5.82 Å². The van der Waals surface area contributed by atoms with E-state index in [1.165, 1.54) is 41.0 Å². The molecule has 0 amide bonds. The fourth-order valence-corrected chi connectivity index (χ4v) is 5.34. The number of hydrogen-bond acceptors (Lipinski definition) is 5. The molecule has 0 bridgehead atoms. The summed E-state index contributed by atoms with van der Waals surface area (Å²) in [5.74, 6) is -1.97. The number of aryl methyl sites for hydroxylation is 1. The summed E-state index contributed by atoms with van der Waals surface area (Å²) in [6, 6.07) is 21.9. The molecule has 3 heterocycles. The molecule has 3 aromatic carbocycles. The first-order valence-electron chi connectivity index (χ1n) is 13.6. The molecule has 1 N–H and O–H groups in total. The summed E-state index contributed by atoms with van der Waals surface area (Å²) < 4.78 is 17.6. The number of carbonyl (C=O) groups is 2. The molecule has 6 aromatic rings. The Balaban J connectivity index is 1.55. The first kappa shape index (κ1) is 27.5. The van der Waals surface area contributed by atoms with Gasteiger partial charge in [-0.05, 0) is 60.5 Å². The zero-order valence-electron chi connectivity index (χ0n) is 23.0. The molecule has 0 aliphatic heterocycles. The van der Waals surface area contributed by atoms with E-state index in [9.17, 15) is 28.7 Å². The number of hydrogen-bond donors (Lipinski definition) is 1. The van der Waals surface area contributed by atoms with Gasteiger partial charge >= 0.3 is 11.7 Å². The predicted octanol–water partition coefficient (Wildman–Crippen LogP) is 5.00. The van der Waals surface area contributed by atoms with Gasteiger partial charge in [-0.15, -0.1) is 0 Å². The van der Waals surface area contributed by atoms with Crippen molar-refractivity contribution in [2.45, 2.75) is 26.4 Å². The molecular weight excluding hydrogens is 551 g/mol. The Morgan fingerprint density at radius 2 is 1.67 bits per heavy atom. The monoisotopic (exact) mass is 576 g/mol. The number of fused-ring (bicyclic) bond motifs is 2. The fraction of sp³-hybridized carbons (Fsp3) is 0.121. The third kappa shape index (κ3) is 4.82. The van der Waals surface area contributed by atoms with E-state index in [2.05, 4.69) is 4.98 Å². The molecule has 0 spiro atoms. The van der Waals surface area contributed by atoms with E-state index in [-0.39, 0.29) is 40.9 Å². The van der Waals surface area contributed by atoms with E-state index < -0.39 is 28.8 Å². The van der Waals surface area contributed by atoms with Gasteiger partial charge in [0.25, 0.3) is 5.56 Å². The Morgan fingerprint density at radius 3 is 2.42 bits per heavy atom.